The van der Waals surface area contributed by atoms with Gasteiger partial charge < -0.3 is 19.5 Å². The number of carbonyl (C=O) groups is 1. The molecule has 0 aliphatic heterocycles. The lowest BCUT2D eigenvalue weighted by molar-refractivity contribution is -0.143. The first kappa shape index (κ1) is 15.9. The van der Waals surface area contributed by atoms with Crippen molar-refractivity contribution in [3.05, 3.63) is 22.7 Å². The molecule has 116 valence electrons. The number of carbonyl (C=O) groups excluding carboxylic acids is 1. The maximum atomic E-state index is 12.0. The Morgan fingerprint density at radius 3 is 2.57 bits per heavy atom. The Morgan fingerprint density at radius 2 is 2.05 bits per heavy atom. The Bertz CT molecular complexity index is 517. The van der Waals surface area contributed by atoms with E-state index < -0.39 is 6.04 Å². The number of esters is 1. The van der Waals surface area contributed by atoms with Crippen LogP contribution in [0.1, 0.15) is 24.4 Å². The third-order valence-electron chi connectivity index (χ3n) is 3.57. The van der Waals surface area contributed by atoms with Crippen molar-refractivity contribution in [2.45, 2.75) is 18.9 Å². The lowest BCUT2D eigenvalue weighted by Crippen LogP contribution is -2.31. The van der Waals surface area contributed by atoms with Crippen LogP contribution in [0.15, 0.2) is 12.1 Å². The molecule has 1 saturated carbocycles. The van der Waals surface area contributed by atoms with Gasteiger partial charge in [0.2, 0.25) is 0 Å². The second kappa shape index (κ2) is 7.00. The number of rotatable bonds is 7. The zero-order valence-corrected chi connectivity index (χ0v) is 13.2. The largest absolute Gasteiger partial charge is 0.493 e. The van der Waals surface area contributed by atoms with Gasteiger partial charge in [-0.1, -0.05) is 17.7 Å². The third-order valence-corrected chi connectivity index (χ3v) is 3.96. The van der Waals surface area contributed by atoms with Crippen LogP contribution in [0.4, 0.5) is 0 Å². The van der Waals surface area contributed by atoms with Crippen molar-refractivity contribution in [1.29, 1.82) is 0 Å². The average Bonchev–Trinajstić information content (AvgIpc) is 3.32. The van der Waals surface area contributed by atoms with Crippen molar-refractivity contribution in [1.82, 2.24) is 5.32 Å². The molecule has 1 aliphatic carbocycles. The molecule has 6 heteroatoms. The van der Waals surface area contributed by atoms with Crippen molar-refractivity contribution >= 4 is 17.6 Å². The SMILES string of the molecule is COC(=O)C(NCC1CC1)c1ccc(OC)c(OC)c1Cl. The van der Waals surface area contributed by atoms with Crippen molar-refractivity contribution in [3.8, 4) is 11.5 Å². The van der Waals surface area contributed by atoms with E-state index >= 15 is 0 Å². The number of nitrogens with one attached hydrogen (secondary N) is 1. The monoisotopic (exact) mass is 313 g/mol. The van der Waals surface area contributed by atoms with Gasteiger partial charge in [-0.3, -0.25) is 0 Å². The molecule has 0 amide bonds. The van der Waals surface area contributed by atoms with Crippen LogP contribution in [0.3, 0.4) is 0 Å². The van der Waals surface area contributed by atoms with E-state index in [2.05, 4.69) is 5.32 Å². The molecule has 1 atom stereocenters. The number of methoxy groups -OCH3 is 3. The molecule has 0 heterocycles. The number of hydrogen-bond donors (Lipinski definition) is 1. The summed E-state index contributed by atoms with van der Waals surface area (Å²) >= 11 is 6.37. The molecule has 1 aliphatic rings. The van der Waals surface area contributed by atoms with E-state index in [0.717, 1.165) is 6.54 Å². The predicted octanol–water partition coefficient (Wildman–Crippen LogP) is 2.57. The lowest BCUT2D eigenvalue weighted by Gasteiger charge is -2.20. The summed E-state index contributed by atoms with van der Waals surface area (Å²) in [7, 11) is 4.41. The predicted molar refractivity (Wildman–Crippen MR) is 80.0 cm³/mol. The fraction of sp³-hybridized carbons (Fsp3) is 0.533. The van der Waals surface area contributed by atoms with Crippen molar-refractivity contribution in [2.75, 3.05) is 27.9 Å². The maximum absolute atomic E-state index is 12.0. The van der Waals surface area contributed by atoms with E-state index in [9.17, 15) is 4.79 Å². The van der Waals surface area contributed by atoms with Crippen LogP contribution in [0, 0.1) is 5.92 Å². The summed E-state index contributed by atoms with van der Waals surface area (Å²) in [5.41, 5.74) is 0.627. The van der Waals surface area contributed by atoms with E-state index in [1.54, 1.807) is 12.1 Å². The number of benzene rings is 1. The second-order valence-electron chi connectivity index (χ2n) is 5.01. The van der Waals surface area contributed by atoms with E-state index in [-0.39, 0.29) is 5.97 Å². The number of halogens is 1. The summed E-state index contributed by atoms with van der Waals surface area (Å²) in [4.78, 5) is 12.0. The summed E-state index contributed by atoms with van der Waals surface area (Å²) < 4.78 is 15.3. The molecule has 1 unspecified atom stereocenters. The fourth-order valence-corrected chi connectivity index (χ4v) is 2.51. The van der Waals surface area contributed by atoms with Crippen LogP contribution in [0.2, 0.25) is 5.02 Å². The van der Waals surface area contributed by atoms with Gasteiger partial charge in [-0.05, 0) is 31.4 Å². The van der Waals surface area contributed by atoms with E-state index in [4.69, 9.17) is 25.8 Å². The average molecular weight is 314 g/mol. The topological polar surface area (TPSA) is 56.8 Å². The molecule has 1 fully saturated rings. The molecule has 1 aromatic carbocycles. The molecule has 1 N–H and O–H groups in total. The van der Waals surface area contributed by atoms with Gasteiger partial charge in [-0.25, -0.2) is 4.79 Å². The van der Waals surface area contributed by atoms with Gasteiger partial charge >= 0.3 is 5.97 Å². The van der Waals surface area contributed by atoms with Crippen LogP contribution in [0.5, 0.6) is 11.5 Å². The Morgan fingerprint density at radius 1 is 1.33 bits per heavy atom. The number of hydrogen-bond acceptors (Lipinski definition) is 5. The first-order valence-electron chi connectivity index (χ1n) is 6.84. The quantitative estimate of drug-likeness (QED) is 0.784. The van der Waals surface area contributed by atoms with Gasteiger partial charge in [0.15, 0.2) is 11.5 Å². The molecular weight excluding hydrogens is 294 g/mol. The minimum atomic E-state index is -0.608. The molecule has 1 aromatic rings. The smallest absolute Gasteiger partial charge is 0.327 e. The van der Waals surface area contributed by atoms with Gasteiger partial charge in [0.05, 0.1) is 26.4 Å². The highest BCUT2D eigenvalue weighted by Crippen LogP contribution is 2.40. The first-order valence-corrected chi connectivity index (χ1v) is 7.21. The third kappa shape index (κ3) is 3.60. The van der Waals surface area contributed by atoms with E-state index in [0.29, 0.717) is 28.0 Å². The fourth-order valence-electron chi connectivity index (χ4n) is 2.17. The molecule has 5 nitrogen and oxygen atoms in total. The maximum Gasteiger partial charge on any atom is 0.327 e. The van der Waals surface area contributed by atoms with Crippen molar-refractivity contribution < 1.29 is 19.0 Å². The summed E-state index contributed by atoms with van der Waals surface area (Å²) in [5, 5.41) is 3.58. The Labute approximate surface area is 129 Å². The van der Waals surface area contributed by atoms with Crippen LogP contribution < -0.4 is 14.8 Å². The molecule has 0 spiro atoms. The first-order chi connectivity index (χ1) is 10.1. The highest BCUT2D eigenvalue weighted by molar-refractivity contribution is 6.33. The number of ether oxygens (including phenoxy) is 3. The van der Waals surface area contributed by atoms with E-state index in [1.807, 2.05) is 0 Å². The van der Waals surface area contributed by atoms with Gasteiger partial charge in [-0.2, -0.15) is 0 Å². The second-order valence-corrected chi connectivity index (χ2v) is 5.39. The standard InChI is InChI=1S/C15H20ClNO4/c1-19-11-7-6-10(12(16)14(11)20-2)13(15(18)21-3)17-8-9-4-5-9/h6-7,9,13,17H,4-5,8H2,1-3H3. The summed E-state index contributed by atoms with van der Waals surface area (Å²) in [5.74, 6) is 1.21. The van der Waals surface area contributed by atoms with Gasteiger partial charge in [0.1, 0.15) is 6.04 Å². The van der Waals surface area contributed by atoms with Crippen LogP contribution in [-0.2, 0) is 9.53 Å². The highest BCUT2D eigenvalue weighted by Gasteiger charge is 2.29. The van der Waals surface area contributed by atoms with Crippen molar-refractivity contribution in [2.24, 2.45) is 5.92 Å². The van der Waals surface area contributed by atoms with Gasteiger partial charge in [-0.15, -0.1) is 0 Å². The molecule has 21 heavy (non-hydrogen) atoms. The zero-order valence-electron chi connectivity index (χ0n) is 12.4. The van der Waals surface area contributed by atoms with Gasteiger partial charge in [0.25, 0.3) is 0 Å². The summed E-state index contributed by atoms with van der Waals surface area (Å²) in [6.07, 6.45) is 2.39. The zero-order chi connectivity index (χ0) is 15.4. The van der Waals surface area contributed by atoms with Crippen molar-refractivity contribution in [3.63, 3.8) is 0 Å². The van der Waals surface area contributed by atoms with Crippen LogP contribution in [-0.4, -0.2) is 33.8 Å². The minimum Gasteiger partial charge on any atom is -0.493 e. The summed E-state index contributed by atoms with van der Waals surface area (Å²) in [6, 6.07) is 2.88. The van der Waals surface area contributed by atoms with Crippen LogP contribution in [0.25, 0.3) is 0 Å². The summed E-state index contributed by atoms with van der Waals surface area (Å²) in [6.45, 7) is 0.768. The molecule has 0 saturated heterocycles. The minimum absolute atomic E-state index is 0.357. The molecule has 0 bridgehead atoms. The van der Waals surface area contributed by atoms with Crippen LogP contribution >= 0.6 is 11.6 Å². The van der Waals surface area contributed by atoms with Gasteiger partial charge in [0, 0.05) is 5.56 Å². The molecule has 2 rings (SSSR count). The Hall–Kier alpha value is -1.46. The highest BCUT2D eigenvalue weighted by atomic mass is 35.5. The van der Waals surface area contributed by atoms with E-state index in [1.165, 1.54) is 34.2 Å². The molecular formula is C15H20ClNO4. The molecule has 0 radical (unpaired) electrons. The lowest BCUT2D eigenvalue weighted by atomic mass is 10.1. The Balaban J connectivity index is 2.31. The molecule has 0 aromatic heterocycles. The Kier molecular flexibility index (Phi) is 5.31. The normalized spacial score (nSPS) is 15.4.